The van der Waals surface area contributed by atoms with Crippen molar-refractivity contribution in [2.24, 2.45) is 0 Å². The number of alkyl halides is 2. The average Bonchev–Trinajstić information content (AvgIpc) is 2.74. The first-order valence-corrected chi connectivity index (χ1v) is 6.60. The highest BCUT2D eigenvalue weighted by atomic mass is 19.3. The van der Waals surface area contributed by atoms with Gasteiger partial charge in [0, 0.05) is 18.4 Å². The summed E-state index contributed by atoms with van der Waals surface area (Å²) in [7, 11) is 0. The van der Waals surface area contributed by atoms with Gasteiger partial charge in [-0.2, -0.15) is 5.10 Å². The van der Waals surface area contributed by atoms with Crippen LogP contribution >= 0.6 is 0 Å². The summed E-state index contributed by atoms with van der Waals surface area (Å²) in [6.07, 6.45) is 1.76. The number of likely N-dealkylation sites (tertiary alicyclic amines) is 1. The Kier molecular flexibility index (Phi) is 5.26. The van der Waals surface area contributed by atoms with Crippen LogP contribution in [0.15, 0.2) is 12.3 Å². The van der Waals surface area contributed by atoms with Crippen LogP contribution in [-0.2, 0) is 6.54 Å². The maximum atomic E-state index is 12.6. The lowest BCUT2D eigenvalue weighted by Gasteiger charge is -2.38. The Morgan fingerprint density at radius 1 is 1.28 bits per heavy atom. The van der Waals surface area contributed by atoms with E-state index in [9.17, 15) is 8.78 Å². The summed E-state index contributed by atoms with van der Waals surface area (Å²) in [5.74, 6) is -2.05. The van der Waals surface area contributed by atoms with Gasteiger partial charge < -0.3 is 0 Å². The van der Waals surface area contributed by atoms with Crippen molar-refractivity contribution in [2.45, 2.75) is 46.1 Å². The zero-order valence-electron chi connectivity index (χ0n) is 11.7. The molecule has 2 rings (SSSR count). The summed E-state index contributed by atoms with van der Waals surface area (Å²) in [6.45, 7) is 9.33. The second-order valence-electron chi connectivity index (χ2n) is 4.70. The Balaban J connectivity index is 0.000000771. The van der Waals surface area contributed by atoms with Gasteiger partial charge >= 0.3 is 0 Å². The molecular formula is C13H23F2N3. The zero-order chi connectivity index (χ0) is 13.8. The van der Waals surface area contributed by atoms with E-state index >= 15 is 0 Å². The molecule has 0 atom stereocenters. The molecule has 0 aromatic carbocycles. The van der Waals surface area contributed by atoms with Crippen LogP contribution < -0.4 is 0 Å². The Morgan fingerprint density at radius 3 is 2.39 bits per heavy atom. The molecule has 0 N–H and O–H groups in total. The quantitative estimate of drug-likeness (QED) is 0.829. The first-order chi connectivity index (χ1) is 8.48. The largest absolute Gasteiger partial charge is 0.290 e. The summed E-state index contributed by atoms with van der Waals surface area (Å²) >= 11 is 0. The fraction of sp³-hybridized carbons (Fsp3) is 0.769. The fourth-order valence-corrected chi connectivity index (χ4v) is 2.02. The molecule has 0 radical (unpaired) electrons. The standard InChI is InChI=1S/C11H17F2N3.C2H6/c1-9(2)10-3-4-14-16(10)6-5-15-7-11(12,13)8-15;1-2/h3-4,9H,5-8H2,1-2H3;1-2H3. The molecule has 1 saturated heterocycles. The third-order valence-corrected chi connectivity index (χ3v) is 2.88. The minimum absolute atomic E-state index is 0.106. The Morgan fingerprint density at radius 2 is 1.89 bits per heavy atom. The van der Waals surface area contributed by atoms with Gasteiger partial charge in [0.05, 0.1) is 19.6 Å². The van der Waals surface area contributed by atoms with Crippen molar-refractivity contribution in [2.75, 3.05) is 19.6 Å². The summed E-state index contributed by atoms with van der Waals surface area (Å²) in [5.41, 5.74) is 1.16. The summed E-state index contributed by atoms with van der Waals surface area (Å²) < 4.78 is 27.1. The molecule has 0 amide bonds. The molecule has 0 spiro atoms. The predicted octanol–water partition coefficient (Wildman–Crippen LogP) is 2.98. The first-order valence-electron chi connectivity index (χ1n) is 6.60. The van der Waals surface area contributed by atoms with E-state index in [2.05, 4.69) is 18.9 Å². The molecule has 5 heteroatoms. The molecule has 1 fully saturated rings. The van der Waals surface area contributed by atoms with Gasteiger partial charge in [0.1, 0.15) is 0 Å². The van der Waals surface area contributed by atoms with Crippen LogP contribution in [0.2, 0.25) is 0 Å². The number of halogens is 2. The summed E-state index contributed by atoms with van der Waals surface area (Å²) in [5, 5.41) is 4.21. The third kappa shape index (κ3) is 3.77. The molecule has 0 unspecified atom stereocenters. The van der Waals surface area contributed by atoms with E-state index in [-0.39, 0.29) is 13.1 Å². The second-order valence-corrected chi connectivity index (χ2v) is 4.70. The van der Waals surface area contributed by atoms with Crippen molar-refractivity contribution in [1.29, 1.82) is 0 Å². The molecule has 1 aromatic heterocycles. The lowest BCUT2D eigenvalue weighted by Crippen LogP contribution is -2.56. The van der Waals surface area contributed by atoms with Crippen molar-refractivity contribution < 1.29 is 8.78 Å². The van der Waals surface area contributed by atoms with Gasteiger partial charge in [-0.05, 0) is 12.0 Å². The topological polar surface area (TPSA) is 21.1 Å². The van der Waals surface area contributed by atoms with E-state index in [0.717, 1.165) is 5.69 Å². The van der Waals surface area contributed by atoms with Gasteiger partial charge in [0.15, 0.2) is 0 Å². The Labute approximate surface area is 108 Å². The number of hydrogen-bond acceptors (Lipinski definition) is 2. The van der Waals surface area contributed by atoms with Crippen LogP contribution in [0.3, 0.4) is 0 Å². The van der Waals surface area contributed by atoms with Crippen molar-refractivity contribution in [3.8, 4) is 0 Å². The van der Waals surface area contributed by atoms with E-state index in [1.54, 1.807) is 11.1 Å². The number of rotatable bonds is 4. The minimum atomic E-state index is -2.47. The van der Waals surface area contributed by atoms with Crippen molar-refractivity contribution in [1.82, 2.24) is 14.7 Å². The van der Waals surface area contributed by atoms with Gasteiger partial charge in [-0.25, -0.2) is 8.78 Å². The van der Waals surface area contributed by atoms with Crippen LogP contribution in [0.25, 0.3) is 0 Å². The maximum absolute atomic E-state index is 12.6. The van der Waals surface area contributed by atoms with Crippen LogP contribution in [0, 0.1) is 0 Å². The molecule has 104 valence electrons. The summed E-state index contributed by atoms with van der Waals surface area (Å²) in [6, 6.07) is 1.98. The highest BCUT2D eigenvalue weighted by Gasteiger charge is 2.43. The molecule has 0 bridgehead atoms. The van der Waals surface area contributed by atoms with Gasteiger partial charge in [-0.3, -0.25) is 9.58 Å². The second kappa shape index (κ2) is 6.27. The van der Waals surface area contributed by atoms with Gasteiger partial charge in [0.25, 0.3) is 5.92 Å². The zero-order valence-corrected chi connectivity index (χ0v) is 11.7. The minimum Gasteiger partial charge on any atom is -0.290 e. The lowest BCUT2D eigenvalue weighted by molar-refractivity contribution is -0.131. The van der Waals surface area contributed by atoms with Crippen LogP contribution in [0.5, 0.6) is 0 Å². The molecule has 1 aliphatic rings. The molecule has 0 saturated carbocycles. The van der Waals surface area contributed by atoms with E-state index in [1.165, 1.54) is 0 Å². The first kappa shape index (κ1) is 15.1. The van der Waals surface area contributed by atoms with Crippen molar-refractivity contribution in [3.63, 3.8) is 0 Å². The Hall–Kier alpha value is -0.970. The van der Waals surface area contributed by atoms with Gasteiger partial charge in [0.2, 0.25) is 0 Å². The van der Waals surface area contributed by atoms with Crippen molar-refractivity contribution in [3.05, 3.63) is 18.0 Å². The average molecular weight is 259 g/mol. The predicted molar refractivity (Wildman–Crippen MR) is 69.1 cm³/mol. The van der Waals surface area contributed by atoms with E-state index in [4.69, 9.17) is 0 Å². The summed E-state index contributed by atoms with van der Waals surface area (Å²) in [4.78, 5) is 1.76. The van der Waals surface area contributed by atoms with E-state index in [0.29, 0.717) is 19.0 Å². The molecule has 0 aliphatic carbocycles. The lowest BCUT2D eigenvalue weighted by atomic mass is 10.1. The van der Waals surface area contributed by atoms with Crippen LogP contribution in [0.4, 0.5) is 8.78 Å². The SMILES string of the molecule is CC.CC(C)c1ccnn1CCN1CC(F)(F)C1. The maximum Gasteiger partial charge on any atom is 0.272 e. The van der Waals surface area contributed by atoms with E-state index in [1.807, 2.05) is 24.6 Å². The smallest absolute Gasteiger partial charge is 0.272 e. The fourth-order valence-electron chi connectivity index (χ4n) is 2.02. The van der Waals surface area contributed by atoms with Crippen molar-refractivity contribution >= 4 is 0 Å². The normalized spacial score (nSPS) is 18.2. The van der Waals surface area contributed by atoms with Gasteiger partial charge in [-0.15, -0.1) is 0 Å². The molecule has 1 aromatic rings. The third-order valence-electron chi connectivity index (χ3n) is 2.88. The molecule has 2 heterocycles. The highest BCUT2D eigenvalue weighted by molar-refractivity contribution is 5.05. The number of nitrogens with zero attached hydrogens (tertiary/aromatic N) is 3. The molecule has 1 aliphatic heterocycles. The Bertz CT molecular complexity index is 353. The highest BCUT2D eigenvalue weighted by Crippen LogP contribution is 2.26. The monoisotopic (exact) mass is 259 g/mol. The van der Waals surface area contributed by atoms with E-state index < -0.39 is 5.92 Å². The molecular weight excluding hydrogens is 236 g/mol. The molecule has 18 heavy (non-hydrogen) atoms. The van der Waals surface area contributed by atoms with Gasteiger partial charge in [-0.1, -0.05) is 27.7 Å². The molecule has 3 nitrogen and oxygen atoms in total. The van der Waals surface area contributed by atoms with Crippen LogP contribution in [-0.4, -0.2) is 40.2 Å². The number of aromatic nitrogens is 2. The number of hydrogen-bond donors (Lipinski definition) is 0. The van der Waals surface area contributed by atoms with Crippen LogP contribution in [0.1, 0.15) is 39.3 Å².